The number of amides is 2. The van der Waals surface area contributed by atoms with Crippen LogP contribution in [0, 0.1) is 3.57 Å². The number of halogens is 1. The van der Waals surface area contributed by atoms with E-state index in [0.717, 1.165) is 11.8 Å². The number of esters is 1. The van der Waals surface area contributed by atoms with Gasteiger partial charge >= 0.3 is 5.97 Å². The van der Waals surface area contributed by atoms with Crippen molar-refractivity contribution in [1.29, 1.82) is 0 Å². The second kappa shape index (κ2) is 9.98. The topological polar surface area (TPSA) is 82.1 Å². The van der Waals surface area contributed by atoms with Gasteiger partial charge in [-0.25, -0.2) is 4.79 Å². The van der Waals surface area contributed by atoms with Crippen molar-refractivity contribution in [3.8, 4) is 11.5 Å². The minimum Gasteiger partial charge on any atom is -0.493 e. The zero-order valence-corrected chi connectivity index (χ0v) is 18.2. The average molecular weight is 505 g/mol. The molecule has 2 amide bonds. The zero-order chi connectivity index (χ0) is 20.0. The molecule has 1 aromatic rings. The molecule has 0 atom stereocenters. The monoisotopic (exact) mass is 505 g/mol. The number of carbonyl (C=O) groups excluding carboxylic acids is 3. The minimum atomic E-state index is -0.468. The Balaban J connectivity index is 2.24. The van der Waals surface area contributed by atoms with E-state index in [0.29, 0.717) is 38.5 Å². The molecule has 9 heteroatoms. The predicted octanol–water partition coefficient (Wildman–Crippen LogP) is 3.69. The van der Waals surface area contributed by atoms with Crippen molar-refractivity contribution in [2.24, 2.45) is 0 Å². The molecule has 0 saturated carbocycles. The standard InChI is InChI=1S/C18H20INO6S/c1-4-6-20-17(22)14(27-18(20)23)9-11-7-12(19)16(13(8-11)24-3)26-10-15(21)25-5-2/h7-9H,4-6,10H2,1-3H3/b14-9+. The van der Waals surface area contributed by atoms with Crippen LogP contribution in [0.2, 0.25) is 0 Å². The fraction of sp³-hybridized carbons (Fsp3) is 0.389. The van der Waals surface area contributed by atoms with E-state index in [-0.39, 0.29) is 24.4 Å². The highest BCUT2D eigenvalue weighted by molar-refractivity contribution is 14.1. The van der Waals surface area contributed by atoms with Gasteiger partial charge in [0.15, 0.2) is 18.1 Å². The first-order chi connectivity index (χ1) is 12.9. The number of nitrogens with zero attached hydrogens (tertiary/aromatic N) is 1. The Morgan fingerprint density at radius 2 is 2.04 bits per heavy atom. The normalized spacial score (nSPS) is 15.4. The molecule has 1 aliphatic rings. The third-order valence-electron chi connectivity index (χ3n) is 3.51. The van der Waals surface area contributed by atoms with Crippen LogP contribution in [0.4, 0.5) is 4.79 Å². The van der Waals surface area contributed by atoms with Gasteiger partial charge in [-0.15, -0.1) is 0 Å². The number of benzene rings is 1. The van der Waals surface area contributed by atoms with Crippen LogP contribution in [0.3, 0.4) is 0 Å². The van der Waals surface area contributed by atoms with E-state index < -0.39 is 5.97 Å². The van der Waals surface area contributed by atoms with Crippen LogP contribution < -0.4 is 9.47 Å². The number of ether oxygens (including phenoxy) is 3. The van der Waals surface area contributed by atoms with Crippen LogP contribution in [0.15, 0.2) is 17.0 Å². The summed E-state index contributed by atoms with van der Waals surface area (Å²) >= 11 is 2.98. The van der Waals surface area contributed by atoms with E-state index in [1.165, 1.54) is 12.0 Å². The van der Waals surface area contributed by atoms with Gasteiger partial charge in [0, 0.05) is 6.54 Å². The molecule has 146 valence electrons. The summed E-state index contributed by atoms with van der Waals surface area (Å²) in [7, 11) is 1.49. The Morgan fingerprint density at radius 3 is 2.67 bits per heavy atom. The summed E-state index contributed by atoms with van der Waals surface area (Å²) in [6.45, 7) is 4.09. The quantitative estimate of drug-likeness (QED) is 0.303. The number of methoxy groups -OCH3 is 1. The molecule has 1 aromatic carbocycles. The zero-order valence-electron chi connectivity index (χ0n) is 15.2. The van der Waals surface area contributed by atoms with Gasteiger partial charge in [0.25, 0.3) is 11.1 Å². The molecule has 0 unspecified atom stereocenters. The van der Waals surface area contributed by atoms with E-state index in [4.69, 9.17) is 14.2 Å². The van der Waals surface area contributed by atoms with Crippen molar-refractivity contribution in [1.82, 2.24) is 4.90 Å². The molecule has 0 N–H and O–H groups in total. The van der Waals surface area contributed by atoms with Crippen molar-refractivity contribution >= 4 is 57.5 Å². The second-order valence-corrected chi connectivity index (χ2v) is 7.62. The van der Waals surface area contributed by atoms with E-state index in [2.05, 4.69) is 22.6 Å². The lowest BCUT2D eigenvalue weighted by molar-refractivity contribution is -0.145. The van der Waals surface area contributed by atoms with E-state index in [1.807, 2.05) is 6.92 Å². The molecule has 1 heterocycles. The summed E-state index contributed by atoms with van der Waals surface area (Å²) in [6, 6.07) is 3.48. The van der Waals surface area contributed by atoms with Gasteiger partial charge in [-0.3, -0.25) is 14.5 Å². The van der Waals surface area contributed by atoms with Crippen molar-refractivity contribution in [2.75, 3.05) is 26.9 Å². The maximum absolute atomic E-state index is 12.4. The Kier molecular flexibility index (Phi) is 7.96. The molecule has 0 radical (unpaired) electrons. The molecule has 1 saturated heterocycles. The molecule has 7 nitrogen and oxygen atoms in total. The lowest BCUT2D eigenvalue weighted by Gasteiger charge is -2.13. The van der Waals surface area contributed by atoms with Crippen LogP contribution in [-0.4, -0.2) is 48.9 Å². The lowest BCUT2D eigenvalue weighted by Crippen LogP contribution is -2.28. The minimum absolute atomic E-state index is 0.227. The number of imide groups is 1. The second-order valence-electron chi connectivity index (χ2n) is 5.46. The fourth-order valence-electron chi connectivity index (χ4n) is 2.36. The first kappa shape index (κ1) is 21.5. The van der Waals surface area contributed by atoms with E-state index in [1.54, 1.807) is 25.1 Å². The molecular weight excluding hydrogens is 485 g/mol. The van der Waals surface area contributed by atoms with Gasteiger partial charge in [-0.05, 0) is 71.5 Å². The largest absolute Gasteiger partial charge is 0.493 e. The number of carbonyl (C=O) groups is 3. The average Bonchev–Trinajstić information content (AvgIpc) is 2.88. The summed E-state index contributed by atoms with van der Waals surface area (Å²) < 4.78 is 16.4. The highest BCUT2D eigenvalue weighted by atomic mass is 127. The highest BCUT2D eigenvalue weighted by Gasteiger charge is 2.34. The Bertz CT molecular complexity index is 779. The summed E-state index contributed by atoms with van der Waals surface area (Å²) in [4.78, 5) is 37.4. The van der Waals surface area contributed by atoms with Crippen LogP contribution >= 0.6 is 34.4 Å². The Hall–Kier alpha value is -1.75. The Labute approximate surface area is 175 Å². The summed E-state index contributed by atoms with van der Waals surface area (Å²) in [5.74, 6) is 0.0834. The van der Waals surface area contributed by atoms with Gasteiger partial charge in [0.2, 0.25) is 0 Å². The van der Waals surface area contributed by atoms with Crippen LogP contribution in [0.1, 0.15) is 25.8 Å². The smallest absolute Gasteiger partial charge is 0.344 e. The molecule has 0 spiro atoms. The summed E-state index contributed by atoms with van der Waals surface area (Å²) in [5, 5.41) is -0.260. The van der Waals surface area contributed by atoms with Gasteiger partial charge in [-0.1, -0.05) is 6.92 Å². The Morgan fingerprint density at radius 1 is 1.30 bits per heavy atom. The summed E-state index contributed by atoms with van der Waals surface area (Å²) in [5.41, 5.74) is 0.696. The third-order valence-corrected chi connectivity index (χ3v) is 5.22. The molecule has 27 heavy (non-hydrogen) atoms. The first-order valence-corrected chi connectivity index (χ1v) is 10.2. The number of thioether (sulfide) groups is 1. The van der Waals surface area contributed by atoms with Crippen LogP contribution in [0.25, 0.3) is 6.08 Å². The molecule has 2 rings (SSSR count). The molecule has 1 fully saturated rings. The molecule has 1 aliphatic heterocycles. The number of hydrogen-bond acceptors (Lipinski definition) is 7. The molecular formula is C18H20INO6S. The summed E-state index contributed by atoms with van der Waals surface area (Å²) in [6.07, 6.45) is 2.36. The third kappa shape index (κ3) is 5.38. The van der Waals surface area contributed by atoms with Crippen molar-refractivity contribution in [2.45, 2.75) is 20.3 Å². The first-order valence-electron chi connectivity index (χ1n) is 8.32. The molecule has 0 aromatic heterocycles. The van der Waals surface area contributed by atoms with Crippen molar-refractivity contribution in [3.05, 3.63) is 26.2 Å². The van der Waals surface area contributed by atoms with Gasteiger partial charge < -0.3 is 14.2 Å². The predicted molar refractivity (Wildman–Crippen MR) is 111 cm³/mol. The lowest BCUT2D eigenvalue weighted by atomic mass is 10.2. The van der Waals surface area contributed by atoms with Gasteiger partial charge in [0.1, 0.15) is 0 Å². The SMILES string of the molecule is CCCN1C(=O)S/C(=C/c2cc(I)c(OCC(=O)OCC)c(OC)c2)C1=O. The molecule has 0 aliphatic carbocycles. The fourth-order valence-corrected chi connectivity index (χ4v) is 4.01. The maximum Gasteiger partial charge on any atom is 0.344 e. The number of hydrogen-bond donors (Lipinski definition) is 0. The maximum atomic E-state index is 12.4. The van der Waals surface area contributed by atoms with Crippen LogP contribution in [0.5, 0.6) is 11.5 Å². The van der Waals surface area contributed by atoms with Gasteiger partial charge in [0.05, 0.1) is 22.2 Å². The van der Waals surface area contributed by atoms with Crippen molar-refractivity contribution < 1.29 is 28.6 Å². The highest BCUT2D eigenvalue weighted by Crippen LogP contribution is 2.37. The van der Waals surface area contributed by atoms with Crippen molar-refractivity contribution in [3.63, 3.8) is 0 Å². The van der Waals surface area contributed by atoms with Gasteiger partial charge in [-0.2, -0.15) is 0 Å². The molecule has 0 bridgehead atoms. The van der Waals surface area contributed by atoms with E-state index >= 15 is 0 Å². The van der Waals surface area contributed by atoms with Crippen LogP contribution in [-0.2, 0) is 14.3 Å². The number of rotatable bonds is 8. The van der Waals surface area contributed by atoms with E-state index in [9.17, 15) is 14.4 Å².